The lowest BCUT2D eigenvalue weighted by molar-refractivity contribution is -0.114. The van der Waals surface area contributed by atoms with Crippen LogP contribution in [0.3, 0.4) is 0 Å². The van der Waals surface area contributed by atoms with E-state index >= 15 is 0 Å². The first-order valence-corrected chi connectivity index (χ1v) is 9.56. The lowest BCUT2D eigenvalue weighted by Gasteiger charge is -2.41. The number of carbonyl (C=O) groups excluding carboxylic acids is 1. The molecule has 2 aliphatic carbocycles. The molecule has 0 aromatic heterocycles. The summed E-state index contributed by atoms with van der Waals surface area (Å²) in [5.74, 6) is 1.31. The molecular formula is C22H26N2O2. The van der Waals surface area contributed by atoms with Gasteiger partial charge in [0.15, 0.2) is 5.78 Å². The van der Waals surface area contributed by atoms with E-state index in [9.17, 15) is 10.1 Å². The molecule has 0 radical (unpaired) electrons. The van der Waals surface area contributed by atoms with E-state index in [1.54, 1.807) is 7.11 Å². The molecule has 3 aliphatic rings. The van der Waals surface area contributed by atoms with E-state index in [1.807, 2.05) is 0 Å². The second-order valence-corrected chi connectivity index (χ2v) is 8.31. The minimum Gasteiger partial charge on any atom is -0.378 e. The number of hydrogen-bond donors (Lipinski definition) is 0. The standard InChI is InChI=1S/C22H26N2O2/c1-14-10-17(14)15-4-5-16-12-20(25)19(13-23)21(18(16)11-15)24-8-6-22(2,26-3)7-9-24/h4-5,11,14,17H,6-10,12H2,1-3H3/t14-,17+/m1/s1. The van der Waals surface area contributed by atoms with Crippen LogP contribution in [0.15, 0.2) is 23.8 Å². The van der Waals surface area contributed by atoms with Crippen molar-refractivity contribution in [2.24, 2.45) is 5.92 Å². The number of piperidine rings is 1. The Labute approximate surface area is 155 Å². The maximum atomic E-state index is 12.6. The number of Topliss-reactive ketones (excluding diaryl/α,β-unsaturated/α-hetero) is 1. The lowest BCUT2D eigenvalue weighted by Crippen LogP contribution is -2.43. The van der Waals surface area contributed by atoms with Crippen molar-refractivity contribution >= 4 is 11.5 Å². The van der Waals surface area contributed by atoms with E-state index < -0.39 is 0 Å². The van der Waals surface area contributed by atoms with Crippen LogP contribution in [0.25, 0.3) is 5.70 Å². The number of fused-ring (bicyclic) bond motifs is 1. The maximum Gasteiger partial charge on any atom is 0.179 e. The van der Waals surface area contributed by atoms with E-state index in [4.69, 9.17) is 4.74 Å². The van der Waals surface area contributed by atoms with Gasteiger partial charge >= 0.3 is 0 Å². The first kappa shape index (κ1) is 17.3. The summed E-state index contributed by atoms with van der Waals surface area (Å²) in [5, 5.41) is 9.69. The van der Waals surface area contributed by atoms with Crippen LogP contribution in [-0.4, -0.2) is 36.5 Å². The molecule has 1 aliphatic heterocycles. The van der Waals surface area contributed by atoms with Crippen LogP contribution < -0.4 is 0 Å². The van der Waals surface area contributed by atoms with Gasteiger partial charge in [0.05, 0.1) is 11.3 Å². The zero-order valence-corrected chi connectivity index (χ0v) is 15.8. The fourth-order valence-corrected chi connectivity index (χ4v) is 4.37. The Balaban J connectivity index is 1.74. The fourth-order valence-electron chi connectivity index (χ4n) is 4.37. The number of ether oxygens (including phenoxy) is 1. The van der Waals surface area contributed by atoms with Crippen LogP contribution in [0.1, 0.15) is 55.7 Å². The van der Waals surface area contributed by atoms with Crippen molar-refractivity contribution < 1.29 is 9.53 Å². The Morgan fingerprint density at radius 1 is 1.31 bits per heavy atom. The number of hydrogen-bond acceptors (Lipinski definition) is 4. The smallest absolute Gasteiger partial charge is 0.179 e. The van der Waals surface area contributed by atoms with Crippen molar-refractivity contribution in [3.8, 4) is 6.07 Å². The summed E-state index contributed by atoms with van der Waals surface area (Å²) in [7, 11) is 1.76. The van der Waals surface area contributed by atoms with E-state index in [0.29, 0.717) is 17.9 Å². The van der Waals surface area contributed by atoms with Crippen LogP contribution in [0, 0.1) is 17.2 Å². The van der Waals surface area contributed by atoms with Crippen molar-refractivity contribution in [3.05, 3.63) is 40.5 Å². The number of methoxy groups -OCH3 is 1. The molecule has 1 aromatic carbocycles. The Morgan fingerprint density at radius 2 is 2.00 bits per heavy atom. The first-order valence-electron chi connectivity index (χ1n) is 9.56. The number of likely N-dealkylation sites (tertiary alicyclic amines) is 1. The SMILES string of the molecule is COC1(C)CCN(C2=C(C#N)C(=O)Cc3ccc([C@H]4C[C@H]4C)cc32)CC1. The molecule has 0 unspecified atom stereocenters. The van der Waals surface area contributed by atoms with E-state index in [2.05, 4.69) is 43.0 Å². The molecule has 0 amide bonds. The molecule has 1 saturated heterocycles. The minimum absolute atomic E-state index is 0.0531. The number of benzene rings is 1. The number of nitrogens with zero attached hydrogens (tertiary/aromatic N) is 2. The molecule has 0 N–H and O–H groups in total. The second-order valence-electron chi connectivity index (χ2n) is 8.31. The van der Waals surface area contributed by atoms with E-state index in [1.165, 1.54) is 12.0 Å². The van der Waals surface area contributed by atoms with Gasteiger partial charge in [-0.3, -0.25) is 4.79 Å². The fraction of sp³-hybridized carbons (Fsp3) is 0.545. The summed E-state index contributed by atoms with van der Waals surface area (Å²) in [6.07, 6.45) is 3.37. The third-order valence-corrected chi connectivity index (χ3v) is 6.54. The first-order chi connectivity index (χ1) is 12.5. The Morgan fingerprint density at radius 3 is 2.58 bits per heavy atom. The highest BCUT2D eigenvalue weighted by molar-refractivity contribution is 6.10. The molecule has 0 spiro atoms. The Hall–Kier alpha value is -2.12. The van der Waals surface area contributed by atoms with Gasteiger partial charge in [-0.1, -0.05) is 19.1 Å². The summed E-state index contributed by atoms with van der Waals surface area (Å²) in [6.45, 7) is 6.03. The molecule has 0 bridgehead atoms. The number of rotatable bonds is 3. The van der Waals surface area contributed by atoms with Crippen molar-refractivity contribution in [2.75, 3.05) is 20.2 Å². The molecule has 1 saturated carbocycles. The zero-order chi connectivity index (χ0) is 18.5. The van der Waals surface area contributed by atoms with Crippen molar-refractivity contribution in [1.82, 2.24) is 4.90 Å². The highest BCUT2D eigenvalue weighted by Crippen LogP contribution is 2.48. The third-order valence-electron chi connectivity index (χ3n) is 6.54. The molecule has 2 atom stereocenters. The Kier molecular flexibility index (Phi) is 4.16. The van der Waals surface area contributed by atoms with Gasteiger partial charge in [0.2, 0.25) is 0 Å². The normalized spacial score (nSPS) is 27.2. The summed E-state index contributed by atoms with van der Waals surface area (Å²) in [4.78, 5) is 14.8. The van der Waals surface area contributed by atoms with Gasteiger partial charge in [-0.25, -0.2) is 0 Å². The summed E-state index contributed by atoms with van der Waals surface area (Å²) < 4.78 is 5.65. The highest BCUT2D eigenvalue weighted by atomic mass is 16.5. The molecule has 2 fully saturated rings. The average molecular weight is 350 g/mol. The van der Waals surface area contributed by atoms with Crippen LogP contribution in [0.5, 0.6) is 0 Å². The second kappa shape index (κ2) is 6.25. The topological polar surface area (TPSA) is 53.3 Å². The number of allylic oxidation sites excluding steroid dienone is 1. The zero-order valence-electron chi connectivity index (χ0n) is 15.8. The van der Waals surface area contributed by atoms with Gasteiger partial charge in [0.25, 0.3) is 0 Å². The molecule has 4 nitrogen and oxygen atoms in total. The van der Waals surface area contributed by atoms with Gasteiger partial charge in [-0.05, 0) is 55.2 Å². The largest absolute Gasteiger partial charge is 0.378 e. The van der Waals surface area contributed by atoms with Gasteiger partial charge in [-0.15, -0.1) is 0 Å². The van der Waals surface area contributed by atoms with Crippen molar-refractivity contribution in [3.63, 3.8) is 0 Å². The number of carbonyl (C=O) groups is 1. The van der Waals surface area contributed by atoms with Crippen LogP contribution in [0.4, 0.5) is 0 Å². The van der Waals surface area contributed by atoms with E-state index in [-0.39, 0.29) is 11.4 Å². The summed E-state index contributed by atoms with van der Waals surface area (Å²) >= 11 is 0. The van der Waals surface area contributed by atoms with Gasteiger partial charge < -0.3 is 9.64 Å². The van der Waals surface area contributed by atoms with Crippen LogP contribution >= 0.6 is 0 Å². The molecule has 26 heavy (non-hydrogen) atoms. The molecule has 1 aromatic rings. The van der Waals surface area contributed by atoms with Gasteiger partial charge in [0.1, 0.15) is 11.6 Å². The third kappa shape index (κ3) is 2.85. The predicted molar refractivity (Wildman–Crippen MR) is 100 cm³/mol. The lowest BCUT2D eigenvalue weighted by atomic mass is 9.84. The maximum absolute atomic E-state index is 12.6. The summed E-state index contributed by atoms with van der Waals surface area (Å²) in [5.41, 5.74) is 4.57. The van der Waals surface area contributed by atoms with Crippen LogP contribution in [-0.2, 0) is 16.0 Å². The van der Waals surface area contributed by atoms with Gasteiger partial charge in [-0.2, -0.15) is 5.26 Å². The van der Waals surface area contributed by atoms with Crippen molar-refractivity contribution in [1.29, 1.82) is 5.26 Å². The molecule has 4 rings (SSSR count). The molecule has 136 valence electrons. The monoisotopic (exact) mass is 350 g/mol. The number of nitriles is 1. The number of ketones is 1. The molecule has 1 heterocycles. The minimum atomic E-state index is -0.114. The molecule has 4 heteroatoms. The van der Waals surface area contributed by atoms with E-state index in [0.717, 1.165) is 48.7 Å². The van der Waals surface area contributed by atoms with Crippen molar-refractivity contribution in [2.45, 2.75) is 51.0 Å². The molecular weight excluding hydrogens is 324 g/mol. The Bertz CT molecular complexity index is 825. The quantitative estimate of drug-likeness (QED) is 0.835. The predicted octanol–water partition coefficient (Wildman–Crippen LogP) is 3.67. The summed E-state index contributed by atoms with van der Waals surface area (Å²) in [6, 6.07) is 8.73. The average Bonchev–Trinajstić information content (AvgIpc) is 3.38. The van der Waals surface area contributed by atoms with Crippen LogP contribution in [0.2, 0.25) is 0 Å². The van der Waals surface area contributed by atoms with Gasteiger partial charge in [0, 0.05) is 32.2 Å². The highest BCUT2D eigenvalue weighted by Gasteiger charge is 2.37.